The minimum atomic E-state index is -0.730. The van der Waals surface area contributed by atoms with E-state index < -0.39 is 11.4 Å². The summed E-state index contributed by atoms with van der Waals surface area (Å²) in [5.41, 5.74) is 2.80. The number of aryl methyl sites for hydroxylation is 1. The van der Waals surface area contributed by atoms with Gasteiger partial charge in [-0.25, -0.2) is 4.68 Å². The third-order valence-corrected chi connectivity index (χ3v) is 4.53. The van der Waals surface area contributed by atoms with Gasteiger partial charge in [0.2, 0.25) is 0 Å². The zero-order valence-corrected chi connectivity index (χ0v) is 13.3. The maximum Gasteiger partial charge on any atom is 0.314 e. The topological polar surface area (TPSA) is 85.8 Å². The molecule has 1 aliphatic rings. The highest BCUT2D eigenvalue weighted by Gasteiger charge is 2.51. The summed E-state index contributed by atoms with van der Waals surface area (Å²) >= 11 is 0. The van der Waals surface area contributed by atoms with Gasteiger partial charge in [-0.3, -0.25) is 9.48 Å². The van der Waals surface area contributed by atoms with E-state index in [1.54, 1.807) is 9.36 Å². The van der Waals surface area contributed by atoms with Gasteiger partial charge in [-0.15, -0.1) is 5.10 Å². The lowest BCUT2D eigenvalue weighted by atomic mass is 9.95. The van der Waals surface area contributed by atoms with Crippen molar-refractivity contribution in [1.82, 2.24) is 24.8 Å². The van der Waals surface area contributed by atoms with Crippen molar-refractivity contribution in [3.63, 3.8) is 0 Å². The second-order valence-corrected chi connectivity index (χ2v) is 6.26. The molecule has 0 spiro atoms. The van der Waals surface area contributed by atoms with Crippen molar-refractivity contribution in [2.45, 2.75) is 24.8 Å². The largest absolute Gasteiger partial charge is 0.481 e. The van der Waals surface area contributed by atoms with Crippen LogP contribution in [0.5, 0.6) is 0 Å². The van der Waals surface area contributed by atoms with Crippen molar-refractivity contribution in [2.75, 3.05) is 0 Å². The lowest BCUT2D eigenvalue weighted by molar-refractivity contribution is -0.140. The van der Waals surface area contributed by atoms with E-state index in [-0.39, 0.29) is 0 Å². The van der Waals surface area contributed by atoms with Crippen LogP contribution in [0.1, 0.15) is 24.0 Å². The monoisotopic (exact) mass is 323 g/mol. The van der Waals surface area contributed by atoms with Gasteiger partial charge in [-0.2, -0.15) is 5.10 Å². The van der Waals surface area contributed by atoms with Crippen molar-refractivity contribution in [3.8, 4) is 11.4 Å². The fourth-order valence-corrected chi connectivity index (χ4v) is 2.91. The molecule has 0 aliphatic heterocycles. The molecule has 1 N–H and O–H groups in total. The molecule has 1 fully saturated rings. The molecule has 2 heterocycles. The van der Waals surface area contributed by atoms with Crippen molar-refractivity contribution >= 4 is 5.97 Å². The van der Waals surface area contributed by atoms with Gasteiger partial charge in [0.25, 0.3) is 0 Å². The quantitative estimate of drug-likeness (QED) is 0.774. The average molecular weight is 323 g/mol. The van der Waals surface area contributed by atoms with Gasteiger partial charge in [-0.05, 0) is 30.0 Å². The molecule has 0 bridgehead atoms. The number of carbonyl (C=O) groups is 1. The summed E-state index contributed by atoms with van der Waals surface area (Å²) in [5.74, 6) is -0.730. The van der Waals surface area contributed by atoms with Gasteiger partial charge >= 0.3 is 5.97 Å². The maximum atomic E-state index is 11.4. The highest BCUT2D eigenvalue weighted by molar-refractivity contribution is 5.84. The van der Waals surface area contributed by atoms with E-state index in [0.717, 1.165) is 35.4 Å². The summed E-state index contributed by atoms with van der Waals surface area (Å²) in [5, 5.41) is 21.9. The minimum Gasteiger partial charge on any atom is -0.481 e. The first-order valence-corrected chi connectivity index (χ1v) is 7.80. The number of rotatable bonds is 5. The summed E-state index contributed by atoms with van der Waals surface area (Å²) < 4.78 is 3.48. The van der Waals surface area contributed by atoms with Gasteiger partial charge in [-0.1, -0.05) is 29.5 Å². The van der Waals surface area contributed by atoms with Crippen LogP contribution in [0.2, 0.25) is 0 Å². The van der Waals surface area contributed by atoms with Gasteiger partial charge in [0.15, 0.2) is 0 Å². The maximum absolute atomic E-state index is 11.4. The van der Waals surface area contributed by atoms with Crippen LogP contribution in [0, 0.1) is 0 Å². The number of nitrogens with zero attached hydrogens (tertiary/aromatic N) is 5. The summed E-state index contributed by atoms with van der Waals surface area (Å²) in [6.07, 6.45) is 5.16. The Labute approximate surface area is 138 Å². The molecule has 24 heavy (non-hydrogen) atoms. The molecular weight excluding hydrogens is 306 g/mol. The van der Waals surface area contributed by atoms with E-state index in [4.69, 9.17) is 0 Å². The molecule has 0 amide bonds. The summed E-state index contributed by atoms with van der Waals surface area (Å²) in [6.45, 7) is 0.584. The number of aromatic nitrogens is 5. The zero-order valence-electron chi connectivity index (χ0n) is 13.3. The fraction of sp³-hybridized carbons (Fsp3) is 0.294. The van der Waals surface area contributed by atoms with Crippen LogP contribution >= 0.6 is 0 Å². The molecule has 1 saturated carbocycles. The Morgan fingerprint density at radius 3 is 2.54 bits per heavy atom. The van der Waals surface area contributed by atoms with Crippen LogP contribution in [0.3, 0.4) is 0 Å². The molecule has 3 aromatic rings. The van der Waals surface area contributed by atoms with E-state index in [1.165, 1.54) is 0 Å². The second kappa shape index (κ2) is 5.30. The molecule has 0 radical (unpaired) electrons. The Balaban J connectivity index is 1.50. The molecule has 2 aromatic heterocycles. The van der Waals surface area contributed by atoms with Crippen LogP contribution in [0.15, 0.2) is 42.7 Å². The normalized spacial score (nSPS) is 15.4. The van der Waals surface area contributed by atoms with Crippen LogP contribution < -0.4 is 0 Å². The molecule has 0 unspecified atom stereocenters. The Hall–Kier alpha value is -2.96. The number of hydrogen-bond acceptors (Lipinski definition) is 4. The molecular formula is C17H17N5O2. The van der Waals surface area contributed by atoms with Crippen LogP contribution in [-0.4, -0.2) is 35.9 Å². The molecule has 0 atom stereocenters. The van der Waals surface area contributed by atoms with Gasteiger partial charge in [0.1, 0.15) is 11.4 Å². The van der Waals surface area contributed by atoms with E-state index in [0.29, 0.717) is 6.54 Å². The lowest BCUT2D eigenvalue weighted by Crippen LogP contribution is -2.19. The third-order valence-electron chi connectivity index (χ3n) is 4.53. The summed E-state index contributed by atoms with van der Waals surface area (Å²) in [7, 11) is 1.86. The van der Waals surface area contributed by atoms with E-state index in [1.807, 2.05) is 49.8 Å². The molecule has 0 saturated heterocycles. The van der Waals surface area contributed by atoms with Gasteiger partial charge in [0.05, 0.1) is 18.2 Å². The van der Waals surface area contributed by atoms with Crippen LogP contribution in [0.25, 0.3) is 11.4 Å². The Morgan fingerprint density at radius 2 is 1.96 bits per heavy atom. The Morgan fingerprint density at radius 1 is 1.21 bits per heavy atom. The van der Waals surface area contributed by atoms with Crippen molar-refractivity contribution in [1.29, 1.82) is 0 Å². The highest BCUT2D eigenvalue weighted by atomic mass is 16.4. The number of benzene rings is 1. The first-order chi connectivity index (χ1) is 11.6. The first kappa shape index (κ1) is 14.6. The standard InChI is InChI=1S/C17H17N5O2/c1-21-9-6-14(19-21)15-11-22(20-18-15)10-12-2-4-13(5-3-12)17(7-8-17)16(23)24/h2-6,9,11H,7-8,10H2,1H3,(H,23,24). The first-order valence-electron chi connectivity index (χ1n) is 7.80. The van der Waals surface area contributed by atoms with Crippen molar-refractivity contribution < 1.29 is 9.90 Å². The van der Waals surface area contributed by atoms with E-state index in [2.05, 4.69) is 15.4 Å². The summed E-state index contributed by atoms with van der Waals surface area (Å²) in [4.78, 5) is 11.4. The lowest BCUT2D eigenvalue weighted by Gasteiger charge is -2.10. The van der Waals surface area contributed by atoms with E-state index in [9.17, 15) is 9.90 Å². The van der Waals surface area contributed by atoms with Crippen LogP contribution in [0.4, 0.5) is 0 Å². The predicted octanol–water partition coefficient (Wildman–Crippen LogP) is 1.84. The van der Waals surface area contributed by atoms with Gasteiger partial charge < -0.3 is 5.11 Å². The van der Waals surface area contributed by atoms with Crippen molar-refractivity contribution in [2.24, 2.45) is 7.05 Å². The Bertz CT molecular complexity index is 890. The number of carboxylic acid groups (broad SMARTS) is 1. The number of aliphatic carboxylic acids is 1. The third kappa shape index (κ3) is 2.47. The predicted molar refractivity (Wildman–Crippen MR) is 86.3 cm³/mol. The molecule has 122 valence electrons. The zero-order chi connectivity index (χ0) is 16.7. The molecule has 1 aromatic carbocycles. The van der Waals surface area contributed by atoms with E-state index >= 15 is 0 Å². The second-order valence-electron chi connectivity index (χ2n) is 6.26. The highest BCUT2D eigenvalue weighted by Crippen LogP contribution is 2.48. The SMILES string of the molecule is Cn1ccc(-c2cn(Cc3ccc(C4(C(=O)O)CC4)cc3)nn2)n1. The molecule has 1 aliphatic carbocycles. The number of hydrogen-bond donors (Lipinski definition) is 1. The molecule has 4 rings (SSSR count). The Kier molecular flexibility index (Phi) is 3.23. The smallest absolute Gasteiger partial charge is 0.314 e. The minimum absolute atomic E-state index is 0.584. The number of carboxylic acids is 1. The van der Waals surface area contributed by atoms with Gasteiger partial charge in [0, 0.05) is 13.2 Å². The fourth-order valence-electron chi connectivity index (χ4n) is 2.91. The average Bonchev–Trinajstić information content (AvgIpc) is 3.07. The summed E-state index contributed by atoms with van der Waals surface area (Å²) in [6, 6.07) is 9.63. The molecule has 7 nitrogen and oxygen atoms in total. The molecule has 7 heteroatoms. The van der Waals surface area contributed by atoms with Crippen molar-refractivity contribution in [3.05, 3.63) is 53.9 Å². The van der Waals surface area contributed by atoms with Crippen LogP contribution in [-0.2, 0) is 23.8 Å².